The van der Waals surface area contributed by atoms with Gasteiger partial charge in [0.15, 0.2) is 0 Å². The molecule has 19 heavy (non-hydrogen) atoms. The van der Waals surface area contributed by atoms with Crippen molar-refractivity contribution in [2.24, 2.45) is 5.73 Å². The van der Waals surface area contributed by atoms with Gasteiger partial charge in [0.2, 0.25) is 0 Å². The molecule has 1 aromatic rings. The number of carbonyl (C=O) groups excluding carboxylic acids is 1. The zero-order valence-electron chi connectivity index (χ0n) is 11.4. The number of primary amides is 1. The highest BCUT2D eigenvalue weighted by Gasteiger charge is 2.31. The fourth-order valence-corrected chi connectivity index (χ4v) is 2.53. The number of amides is 2. The molecule has 0 saturated carbocycles. The van der Waals surface area contributed by atoms with Gasteiger partial charge in [-0.15, -0.1) is 0 Å². The number of benzene rings is 1. The molecule has 1 saturated heterocycles. The van der Waals surface area contributed by atoms with Gasteiger partial charge < -0.3 is 16.0 Å². The van der Waals surface area contributed by atoms with E-state index in [1.54, 1.807) is 6.07 Å². The maximum atomic E-state index is 13.9. The Balaban J connectivity index is 2.05. The number of nitrogens with one attached hydrogen (secondary N) is 1. The summed E-state index contributed by atoms with van der Waals surface area (Å²) in [5.41, 5.74) is 6.43. The monoisotopic (exact) mass is 265 g/mol. The number of piperidine rings is 1. The van der Waals surface area contributed by atoms with Crippen LogP contribution in [0.3, 0.4) is 0 Å². The third-order valence-corrected chi connectivity index (χ3v) is 3.74. The van der Waals surface area contributed by atoms with Crippen LogP contribution in [0.1, 0.15) is 25.3 Å². The average Bonchev–Trinajstić information content (AvgIpc) is 2.29. The molecule has 5 heteroatoms. The minimum Gasteiger partial charge on any atom is -0.369 e. The third kappa shape index (κ3) is 3.16. The van der Waals surface area contributed by atoms with E-state index in [0.29, 0.717) is 18.8 Å². The van der Waals surface area contributed by atoms with E-state index in [2.05, 4.69) is 5.32 Å². The summed E-state index contributed by atoms with van der Waals surface area (Å²) in [7, 11) is 0. The first-order valence-corrected chi connectivity index (χ1v) is 6.48. The molecule has 0 bridgehead atoms. The molecule has 0 unspecified atom stereocenters. The van der Waals surface area contributed by atoms with Crippen molar-refractivity contribution in [3.8, 4) is 0 Å². The number of anilines is 1. The molecular formula is C14H20FN3O. The first-order valence-electron chi connectivity index (χ1n) is 6.48. The number of hydrogen-bond donors (Lipinski definition) is 2. The van der Waals surface area contributed by atoms with Crippen LogP contribution < -0.4 is 16.0 Å². The van der Waals surface area contributed by atoms with Crippen molar-refractivity contribution in [2.75, 3.05) is 18.0 Å². The first kappa shape index (κ1) is 13.6. The predicted molar refractivity (Wildman–Crippen MR) is 73.7 cm³/mol. The van der Waals surface area contributed by atoms with Crippen LogP contribution >= 0.6 is 0 Å². The highest BCUT2D eigenvalue weighted by Crippen LogP contribution is 2.28. The van der Waals surface area contributed by atoms with E-state index in [9.17, 15) is 9.18 Å². The van der Waals surface area contributed by atoms with Crippen LogP contribution in [0.25, 0.3) is 0 Å². The molecule has 0 spiro atoms. The fourth-order valence-electron chi connectivity index (χ4n) is 2.53. The Hall–Kier alpha value is -1.78. The number of aryl methyl sites for hydroxylation is 1. The molecule has 0 aliphatic carbocycles. The van der Waals surface area contributed by atoms with Gasteiger partial charge >= 0.3 is 6.03 Å². The van der Waals surface area contributed by atoms with E-state index in [0.717, 1.165) is 18.4 Å². The van der Waals surface area contributed by atoms with Gasteiger partial charge in [-0.1, -0.05) is 6.07 Å². The van der Waals surface area contributed by atoms with Crippen molar-refractivity contribution in [1.29, 1.82) is 0 Å². The topological polar surface area (TPSA) is 58.4 Å². The van der Waals surface area contributed by atoms with E-state index in [4.69, 9.17) is 5.73 Å². The van der Waals surface area contributed by atoms with E-state index < -0.39 is 6.03 Å². The minimum atomic E-state index is -0.502. The van der Waals surface area contributed by atoms with Crippen LogP contribution in [0.5, 0.6) is 0 Å². The standard InChI is InChI=1S/C14H20FN3O/c1-10-3-4-12(11(15)9-10)18-7-5-14(2,6-8-18)17-13(16)19/h3-4,9H,5-8H2,1-2H3,(H3,16,17,19). The molecule has 0 atom stereocenters. The molecule has 1 aliphatic rings. The lowest BCUT2D eigenvalue weighted by Crippen LogP contribution is -2.54. The van der Waals surface area contributed by atoms with Crippen molar-refractivity contribution in [2.45, 2.75) is 32.2 Å². The highest BCUT2D eigenvalue weighted by molar-refractivity contribution is 5.72. The highest BCUT2D eigenvalue weighted by atomic mass is 19.1. The maximum Gasteiger partial charge on any atom is 0.312 e. The van der Waals surface area contributed by atoms with Gasteiger partial charge in [-0.05, 0) is 44.4 Å². The summed E-state index contributed by atoms with van der Waals surface area (Å²) in [6, 6.07) is 4.77. The van der Waals surface area contributed by atoms with E-state index >= 15 is 0 Å². The van der Waals surface area contributed by atoms with Gasteiger partial charge in [-0.25, -0.2) is 9.18 Å². The Kier molecular flexibility index (Phi) is 3.64. The van der Waals surface area contributed by atoms with Crippen molar-refractivity contribution in [3.05, 3.63) is 29.6 Å². The lowest BCUT2D eigenvalue weighted by atomic mass is 9.89. The quantitative estimate of drug-likeness (QED) is 0.861. The van der Waals surface area contributed by atoms with Gasteiger partial charge in [0.05, 0.1) is 5.69 Å². The van der Waals surface area contributed by atoms with Crippen LogP contribution in [-0.4, -0.2) is 24.7 Å². The van der Waals surface area contributed by atoms with Gasteiger partial charge in [0.1, 0.15) is 5.82 Å². The molecule has 1 aromatic carbocycles. The van der Waals surface area contributed by atoms with Gasteiger partial charge in [0.25, 0.3) is 0 Å². The van der Waals surface area contributed by atoms with Crippen molar-refractivity contribution < 1.29 is 9.18 Å². The fraction of sp³-hybridized carbons (Fsp3) is 0.500. The SMILES string of the molecule is Cc1ccc(N2CCC(C)(NC(N)=O)CC2)c(F)c1. The summed E-state index contributed by atoms with van der Waals surface area (Å²) < 4.78 is 13.9. The second-order valence-electron chi connectivity index (χ2n) is 5.49. The lowest BCUT2D eigenvalue weighted by molar-refractivity contribution is 0.226. The second kappa shape index (κ2) is 5.07. The predicted octanol–water partition coefficient (Wildman–Crippen LogP) is 2.16. The zero-order chi connectivity index (χ0) is 14.0. The summed E-state index contributed by atoms with van der Waals surface area (Å²) in [6.07, 6.45) is 1.51. The molecule has 0 aromatic heterocycles. The number of halogens is 1. The molecule has 4 nitrogen and oxygen atoms in total. The number of rotatable bonds is 2. The minimum absolute atomic E-state index is 0.188. The van der Waals surface area contributed by atoms with Crippen LogP contribution in [0.2, 0.25) is 0 Å². The Morgan fingerprint density at radius 1 is 1.42 bits per heavy atom. The number of carbonyl (C=O) groups is 1. The molecule has 1 fully saturated rings. The Morgan fingerprint density at radius 2 is 2.05 bits per heavy atom. The van der Waals surface area contributed by atoms with Crippen LogP contribution in [0.15, 0.2) is 18.2 Å². The van der Waals surface area contributed by atoms with Crippen molar-refractivity contribution in [3.63, 3.8) is 0 Å². The summed E-state index contributed by atoms with van der Waals surface area (Å²) >= 11 is 0. The van der Waals surface area contributed by atoms with Crippen LogP contribution in [-0.2, 0) is 0 Å². The number of urea groups is 1. The number of nitrogens with two attached hydrogens (primary N) is 1. The summed E-state index contributed by atoms with van der Waals surface area (Å²) in [6.45, 7) is 5.25. The van der Waals surface area contributed by atoms with E-state index in [1.807, 2.05) is 30.9 Å². The smallest absolute Gasteiger partial charge is 0.312 e. The molecule has 0 radical (unpaired) electrons. The molecule has 2 amide bonds. The Bertz CT molecular complexity index is 482. The zero-order valence-corrected chi connectivity index (χ0v) is 11.4. The maximum absolute atomic E-state index is 13.9. The Morgan fingerprint density at radius 3 is 2.58 bits per heavy atom. The van der Waals surface area contributed by atoms with Crippen molar-refractivity contribution in [1.82, 2.24) is 5.32 Å². The number of nitrogens with zero attached hydrogens (tertiary/aromatic N) is 1. The van der Waals surface area contributed by atoms with Gasteiger partial charge in [-0.3, -0.25) is 0 Å². The average molecular weight is 265 g/mol. The number of hydrogen-bond acceptors (Lipinski definition) is 2. The normalized spacial score (nSPS) is 18.2. The van der Waals surface area contributed by atoms with E-state index in [-0.39, 0.29) is 11.4 Å². The summed E-state index contributed by atoms with van der Waals surface area (Å²) in [5, 5.41) is 2.77. The third-order valence-electron chi connectivity index (χ3n) is 3.74. The second-order valence-corrected chi connectivity index (χ2v) is 5.49. The van der Waals surface area contributed by atoms with Gasteiger partial charge in [-0.2, -0.15) is 0 Å². The molecule has 2 rings (SSSR count). The summed E-state index contributed by atoms with van der Waals surface area (Å²) in [5.74, 6) is -0.188. The molecule has 104 valence electrons. The van der Waals surface area contributed by atoms with Crippen LogP contribution in [0, 0.1) is 12.7 Å². The van der Waals surface area contributed by atoms with Crippen LogP contribution in [0.4, 0.5) is 14.9 Å². The molecular weight excluding hydrogens is 245 g/mol. The molecule has 1 heterocycles. The Labute approximate surface area is 112 Å². The van der Waals surface area contributed by atoms with Gasteiger partial charge in [0, 0.05) is 18.6 Å². The summed E-state index contributed by atoms with van der Waals surface area (Å²) in [4.78, 5) is 13.0. The lowest BCUT2D eigenvalue weighted by Gasteiger charge is -2.40. The molecule has 3 N–H and O–H groups in total. The first-order chi connectivity index (χ1) is 8.89. The van der Waals surface area contributed by atoms with E-state index in [1.165, 1.54) is 0 Å². The van der Waals surface area contributed by atoms with Crippen molar-refractivity contribution >= 4 is 11.7 Å². The largest absolute Gasteiger partial charge is 0.369 e. The molecule has 1 aliphatic heterocycles.